The average molecular weight is 288 g/mol. The number of nitrogens with one attached hydrogen (secondary N) is 1. The van der Waals surface area contributed by atoms with Crippen molar-refractivity contribution in [2.75, 3.05) is 25.5 Å². The molecule has 0 spiro atoms. The molecular formula is C19H32N2. The lowest BCUT2D eigenvalue weighted by Gasteiger charge is -2.38. The molecule has 3 atom stereocenters. The Labute approximate surface area is 130 Å². The molecule has 0 radical (unpaired) electrons. The Balaban J connectivity index is 1.99. The first-order chi connectivity index (χ1) is 10.2. The number of benzene rings is 1. The van der Waals surface area contributed by atoms with Crippen LogP contribution in [0.5, 0.6) is 0 Å². The van der Waals surface area contributed by atoms with Gasteiger partial charge in [0.05, 0.1) is 0 Å². The summed E-state index contributed by atoms with van der Waals surface area (Å²) in [7, 11) is 4.36. The molecule has 118 valence electrons. The van der Waals surface area contributed by atoms with Crippen LogP contribution < -0.4 is 10.2 Å². The summed E-state index contributed by atoms with van der Waals surface area (Å²) in [6.07, 6.45) is 6.56. The molecule has 1 aliphatic carbocycles. The third-order valence-electron chi connectivity index (χ3n) is 5.33. The van der Waals surface area contributed by atoms with Gasteiger partial charge in [-0.2, -0.15) is 0 Å². The molecule has 0 aromatic heterocycles. The Morgan fingerprint density at radius 2 is 1.86 bits per heavy atom. The van der Waals surface area contributed by atoms with E-state index < -0.39 is 0 Å². The maximum atomic E-state index is 3.55. The zero-order chi connectivity index (χ0) is 15.2. The summed E-state index contributed by atoms with van der Waals surface area (Å²) in [4.78, 5) is 2.44. The van der Waals surface area contributed by atoms with E-state index in [0.29, 0.717) is 6.04 Å². The lowest BCUT2D eigenvalue weighted by molar-refractivity contribution is 0.210. The number of rotatable bonds is 6. The molecule has 0 heterocycles. The molecule has 1 N–H and O–H groups in total. The summed E-state index contributed by atoms with van der Waals surface area (Å²) in [6.45, 7) is 5.71. The van der Waals surface area contributed by atoms with Crippen LogP contribution in [-0.2, 0) is 6.42 Å². The summed E-state index contributed by atoms with van der Waals surface area (Å²) in [5, 5.41) is 3.55. The van der Waals surface area contributed by atoms with Gasteiger partial charge in [0.15, 0.2) is 0 Å². The summed E-state index contributed by atoms with van der Waals surface area (Å²) >= 11 is 0. The fraction of sp³-hybridized carbons (Fsp3) is 0.684. The molecule has 1 saturated carbocycles. The van der Waals surface area contributed by atoms with Gasteiger partial charge in [-0.15, -0.1) is 0 Å². The lowest BCUT2D eigenvalue weighted by Crippen LogP contribution is -2.43. The highest BCUT2D eigenvalue weighted by molar-refractivity contribution is 5.47. The van der Waals surface area contributed by atoms with Crippen LogP contribution in [0.15, 0.2) is 24.3 Å². The van der Waals surface area contributed by atoms with Crippen LogP contribution in [-0.4, -0.2) is 26.7 Å². The van der Waals surface area contributed by atoms with Gasteiger partial charge in [-0.1, -0.05) is 32.4 Å². The molecule has 3 unspecified atom stereocenters. The minimum atomic E-state index is 0.685. The minimum absolute atomic E-state index is 0.685. The van der Waals surface area contributed by atoms with E-state index in [0.717, 1.165) is 24.8 Å². The molecule has 2 rings (SSSR count). The van der Waals surface area contributed by atoms with Crippen molar-refractivity contribution >= 4 is 5.69 Å². The Bertz CT molecular complexity index is 412. The fourth-order valence-corrected chi connectivity index (χ4v) is 3.76. The quantitative estimate of drug-likeness (QED) is 0.848. The zero-order valence-electron chi connectivity index (χ0n) is 14.2. The highest BCUT2D eigenvalue weighted by Crippen LogP contribution is 2.32. The van der Waals surface area contributed by atoms with Crippen molar-refractivity contribution in [1.82, 2.24) is 5.32 Å². The van der Waals surface area contributed by atoms with E-state index in [2.05, 4.69) is 62.4 Å². The van der Waals surface area contributed by atoms with Crippen LogP contribution in [0, 0.1) is 11.8 Å². The Kier molecular flexibility index (Phi) is 6.10. The van der Waals surface area contributed by atoms with Gasteiger partial charge < -0.3 is 10.2 Å². The maximum Gasteiger partial charge on any atom is 0.0363 e. The molecule has 21 heavy (non-hydrogen) atoms. The normalized spacial score (nSPS) is 25.8. The van der Waals surface area contributed by atoms with Crippen molar-refractivity contribution in [2.45, 2.75) is 52.0 Å². The first kappa shape index (κ1) is 16.4. The average Bonchev–Trinajstić information content (AvgIpc) is 2.54. The van der Waals surface area contributed by atoms with Crippen molar-refractivity contribution in [2.24, 2.45) is 11.8 Å². The van der Waals surface area contributed by atoms with Crippen LogP contribution >= 0.6 is 0 Å². The molecule has 2 nitrogen and oxygen atoms in total. The lowest BCUT2D eigenvalue weighted by atomic mass is 9.76. The Hall–Kier alpha value is -1.02. The van der Waals surface area contributed by atoms with E-state index in [1.807, 2.05) is 0 Å². The minimum Gasteiger partial charge on any atom is -0.374 e. The highest BCUT2D eigenvalue weighted by Gasteiger charge is 2.29. The second kappa shape index (κ2) is 7.84. The smallest absolute Gasteiger partial charge is 0.0363 e. The molecule has 0 amide bonds. The van der Waals surface area contributed by atoms with Crippen LogP contribution in [0.2, 0.25) is 0 Å². The topological polar surface area (TPSA) is 15.3 Å². The van der Waals surface area contributed by atoms with Crippen LogP contribution in [0.3, 0.4) is 0 Å². The SMILES string of the molecule is CCc1ccc(N(C)CC2CC(CC)CCC2NC)cc1. The number of aryl methyl sites for hydroxylation is 1. The van der Waals surface area contributed by atoms with Gasteiger partial charge in [0.1, 0.15) is 0 Å². The second-order valence-electron chi connectivity index (χ2n) is 6.64. The van der Waals surface area contributed by atoms with Gasteiger partial charge >= 0.3 is 0 Å². The molecule has 2 heteroatoms. The van der Waals surface area contributed by atoms with Crippen LogP contribution in [0.25, 0.3) is 0 Å². The number of hydrogen-bond acceptors (Lipinski definition) is 2. The van der Waals surface area contributed by atoms with Crippen molar-refractivity contribution in [3.8, 4) is 0 Å². The molecule has 1 aromatic carbocycles. The van der Waals surface area contributed by atoms with Gasteiger partial charge in [-0.05, 0) is 62.3 Å². The van der Waals surface area contributed by atoms with Crippen molar-refractivity contribution in [3.05, 3.63) is 29.8 Å². The Morgan fingerprint density at radius 1 is 1.14 bits per heavy atom. The monoisotopic (exact) mass is 288 g/mol. The summed E-state index contributed by atoms with van der Waals surface area (Å²) in [5.74, 6) is 1.69. The largest absolute Gasteiger partial charge is 0.374 e. The number of hydrogen-bond donors (Lipinski definition) is 1. The Morgan fingerprint density at radius 3 is 2.43 bits per heavy atom. The van der Waals surface area contributed by atoms with Gasteiger partial charge in [0.2, 0.25) is 0 Å². The summed E-state index contributed by atoms with van der Waals surface area (Å²) < 4.78 is 0. The molecule has 0 aliphatic heterocycles. The van der Waals surface area contributed by atoms with Gasteiger partial charge in [-0.25, -0.2) is 0 Å². The molecular weight excluding hydrogens is 256 g/mol. The van der Waals surface area contributed by atoms with E-state index in [1.54, 1.807) is 0 Å². The van der Waals surface area contributed by atoms with Crippen LogP contribution in [0.4, 0.5) is 5.69 Å². The predicted octanol–water partition coefficient (Wildman–Crippen LogP) is 4.10. The highest BCUT2D eigenvalue weighted by atomic mass is 15.1. The molecule has 0 saturated heterocycles. The maximum absolute atomic E-state index is 3.55. The second-order valence-corrected chi connectivity index (χ2v) is 6.64. The van der Waals surface area contributed by atoms with Gasteiger partial charge in [-0.3, -0.25) is 0 Å². The number of nitrogens with zero attached hydrogens (tertiary/aromatic N) is 1. The number of anilines is 1. The third-order valence-corrected chi connectivity index (χ3v) is 5.33. The standard InChI is InChI=1S/C19H32N2/c1-5-15-7-10-18(11-8-15)21(4)14-17-13-16(6-2)9-12-19(17)20-3/h7-8,10-11,16-17,19-20H,5-6,9,12-14H2,1-4H3. The van der Waals surface area contributed by atoms with E-state index in [9.17, 15) is 0 Å². The predicted molar refractivity (Wildman–Crippen MR) is 93.1 cm³/mol. The van der Waals surface area contributed by atoms with E-state index in [4.69, 9.17) is 0 Å². The molecule has 0 bridgehead atoms. The first-order valence-electron chi connectivity index (χ1n) is 8.65. The first-order valence-corrected chi connectivity index (χ1v) is 8.65. The zero-order valence-corrected chi connectivity index (χ0v) is 14.2. The third kappa shape index (κ3) is 4.23. The van der Waals surface area contributed by atoms with Gasteiger partial charge in [0, 0.05) is 25.3 Å². The fourth-order valence-electron chi connectivity index (χ4n) is 3.76. The van der Waals surface area contributed by atoms with Crippen molar-refractivity contribution in [3.63, 3.8) is 0 Å². The van der Waals surface area contributed by atoms with Gasteiger partial charge in [0.25, 0.3) is 0 Å². The van der Waals surface area contributed by atoms with Crippen molar-refractivity contribution < 1.29 is 0 Å². The van der Waals surface area contributed by atoms with Crippen molar-refractivity contribution in [1.29, 1.82) is 0 Å². The van der Waals surface area contributed by atoms with E-state index in [1.165, 1.54) is 36.9 Å². The molecule has 1 aliphatic rings. The summed E-state index contributed by atoms with van der Waals surface area (Å²) in [6, 6.07) is 9.75. The van der Waals surface area contributed by atoms with E-state index in [-0.39, 0.29) is 0 Å². The van der Waals surface area contributed by atoms with Crippen LogP contribution in [0.1, 0.15) is 45.1 Å². The summed E-state index contributed by atoms with van der Waals surface area (Å²) in [5.41, 5.74) is 2.77. The molecule has 1 fully saturated rings. The molecule has 1 aromatic rings. The van der Waals surface area contributed by atoms with E-state index >= 15 is 0 Å².